The molecule has 4 rings (SSSR count). The summed E-state index contributed by atoms with van der Waals surface area (Å²) in [5.41, 5.74) is 0.389. The molecule has 1 N–H and O–H groups in total. The minimum Gasteiger partial charge on any atom is -0.504 e. The Labute approximate surface area is 165 Å². The Bertz CT molecular complexity index is 1120. The van der Waals surface area contributed by atoms with Gasteiger partial charge in [-0.3, -0.25) is 0 Å². The Morgan fingerprint density at radius 1 is 1.07 bits per heavy atom. The van der Waals surface area contributed by atoms with Crippen molar-refractivity contribution in [2.75, 3.05) is 14.2 Å². The molecule has 0 radical (unpaired) electrons. The average Bonchev–Trinajstić information content (AvgIpc) is 2.69. The topological polar surface area (TPSA) is 87.4 Å². The van der Waals surface area contributed by atoms with Crippen LogP contribution in [0.4, 0.5) is 0 Å². The molecule has 0 bridgehead atoms. The predicted molar refractivity (Wildman–Crippen MR) is 102 cm³/mol. The quantitative estimate of drug-likeness (QED) is 0.658. The van der Waals surface area contributed by atoms with Gasteiger partial charge in [-0.05, 0) is 25.1 Å². The molecular formula is C20H17ClO7. The van der Waals surface area contributed by atoms with Crippen molar-refractivity contribution < 1.29 is 28.5 Å². The second-order valence-corrected chi connectivity index (χ2v) is 6.67. The first-order chi connectivity index (χ1) is 13.4. The summed E-state index contributed by atoms with van der Waals surface area (Å²) in [6, 6.07) is 7.72. The predicted octanol–water partition coefficient (Wildman–Crippen LogP) is 4.07. The first kappa shape index (κ1) is 18.3. The third-order valence-electron chi connectivity index (χ3n) is 4.60. The fraction of sp³-hybridized carbons (Fsp3) is 0.250. The maximum atomic E-state index is 11.7. The number of phenolic OH excluding ortho intramolecular Hbond substituents is 1. The van der Waals surface area contributed by atoms with Crippen LogP contribution in [0.15, 0.2) is 39.5 Å². The third kappa shape index (κ3) is 2.79. The molecule has 2 atom stereocenters. The molecule has 0 saturated heterocycles. The molecule has 0 aliphatic carbocycles. The lowest BCUT2D eigenvalue weighted by atomic mass is 10.0. The van der Waals surface area contributed by atoms with Crippen molar-refractivity contribution in [2.24, 2.45) is 0 Å². The van der Waals surface area contributed by atoms with E-state index in [0.29, 0.717) is 11.1 Å². The van der Waals surface area contributed by atoms with E-state index in [9.17, 15) is 9.90 Å². The lowest BCUT2D eigenvalue weighted by Crippen LogP contribution is -2.31. The smallest absolute Gasteiger partial charge is 0.336 e. The summed E-state index contributed by atoms with van der Waals surface area (Å²) in [5, 5.41) is 10.6. The molecular weight excluding hydrogens is 388 g/mol. The largest absolute Gasteiger partial charge is 0.504 e. The number of hydrogen-bond acceptors (Lipinski definition) is 7. The van der Waals surface area contributed by atoms with Crippen molar-refractivity contribution in [2.45, 2.75) is 19.1 Å². The zero-order valence-electron chi connectivity index (χ0n) is 15.3. The second-order valence-electron chi connectivity index (χ2n) is 6.30. The van der Waals surface area contributed by atoms with Crippen molar-refractivity contribution >= 4 is 22.6 Å². The molecule has 146 valence electrons. The minimum absolute atomic E-state index is 0.0180. The molecule has 1 aliphatic heterocycles. The van der Waals surface area contributed by atoms with Gasteiger partial charge in [-0.15, -0.1) is 0 Å². The van der Waals surface area contributed by atoms with Gasteiger partial charge >= 0.3 is 5.63 Å². The Balaban J connectivity index is 1.89. The van der Waals surface area contributed by atoms with E-state index < -0.39 is 17.8 Å². The van der Waals surface area contributed by atoms with Gasteiger partial charge < -0.3 is 28.5 Å². The summed E-state index contributed by atoms with van der Waals surface area (Å²) in [6.07, 6.45) is -0.985. The van der Waals surface area contributed by atoms with E-state index in [1.165, 1.54) is 26.4 Å². The molecule has 7 nitrogen and oxygen atoms in total. The van der Waals surface area contributed by atoms with Crippen molar-refractivity contribution in [1.82, 2.24) is 0 Å². The number of rotatable bonds is 3. The highest BCUT2D eigenvalue weighted by atomic mass is 35.5. The monoisotopic (exact) mass is 404 g/mol. The summed E-state index contributed by atoms with van der Waals surface area (Å²) in [7, 11) is 2.93. The molecule has 8 heteroatoms. The number of ether oxygens (including phenoxy) is 4. The highest BCUT2D eigenvalue weighted by molar-refractivity contribution is 6.37. The Kier molecular flexibility index (Phi) is 4.47. The van der Waals surface area contributed by atoms with E-state index in [1.54, 1.807) is 18.2 Å². The van der Waals surface area contributed by atoms with Gasteiger partial charge in [0.05, 0.1) is 19.2 Å². The van der Waals surface area contributed by atoms with Crippen molar-refractivity contribution in [3.63, 3.8) is 0 Å². The molecule has 0 spiro atoms. The van der Waals surface area contributed by atoms with Gasteiger partial charge in [-0.2, -0.15) is 0 Å². The fourth-order valence-electron chi connectivity index (χ4n) is 3.26. The van der Waals surface area contributed by atoms with Crippen LogP contribution in [0.2, 0.25) is 5.02 Å². The number of aromatic hydroxyl groups is 1. The van der Waals surface area contributed by atoms with Crippen LogP contribution in [-0.2, 0) is 0 Å². The molecule has 1 aliphatic rings. The van der Waals surface area contributed by atoms with Gasteiger partial charge in [0.15, 0.2) is 28.9 Å². The summed E-state index contributed by atoms with van der Waals surface area (Å²) >= 11 is 6.45. The highest BCUT2D eigenvalue weighted by Crippen LogP contribution is 2.53. The maximum Gasteiger partial charge on any atom is 0.336 e. The van der Waals surface area contributed by atoms with E-state index in [0.717, 1.165) is 5.56 Å². The van der Waals surface area contributed by atoms with E-state index in [1.807, 2.05) is 6.92 Å². The lowest BCUT2D eigenvalue weighted by molar-refractivity contribution is 0.0285. The maximum absolute atomic E-state index is 11.7. The van der Waals surface area contributed by atoms with Crippen LogP contribution in [0.5, 0.6) is 28.7 Å². The van der Waals surface area contributed by atoms with Crippen molar-refractivity contribution in [1.29, 1.82) is 0 Å². The van der Waals surface area contributed by atoms with E-state index in [4.69, 9.17) is 35.0 Å². The molecule has 2 heterocycles. The Morgan fingerprint density at radius 2 is 1.86 bits per heavy atom. The van der Waals surface area contributed by atoms with Crippen molar-refractivity contribution in [3.05, 3.63) is 51.3 Å². The van der Waals surface area contributed by atoms with Gasteiger partial charge in [0.25, 0.3) is 0 Å². The molecule has 2 aromatic carbocycles. The standard InChI is InChI=1S/C20H17ClO7/c1-9-16(10-4-6-12(22)13(8-10)24-2)28-20-18(25-3)15(21)11-5-7-14(23)27-17(11)19(20)26-9/h4-9,16,22H,1-3H3/t9-,16+/m1/s1. The van der Waals surface area contributed by atoms with Gasteiger partial charge in [-0.25, -0.2) is 4.79 Å². The zero-order chi connectivity index (χ0) is 20.0. The SMILES string of the molecule is COc1cc([C@H]2Oc3c(OC)c(Cl)c4ccc(=O)oc4c3O[C@@H]2C)ccc1O. The minimum atomic E-state index is -0.542. The lowest BCUT2D eigenvalue weighted by Gasteiger charge is -2.33. The van der Waals surface area contributed by atoms with Crippen LogP contribution in [0.25, 0.3) is 11.0 Å². The summed E-state index contributed by atoms with van der Waals surface area (Å²) in [4.78, 5) is 11.7. The summed E-state index contributed by atoms with van der Waals surface area (Å²) in [5.74, 6) is 1.10. The van der Waals surface area contributed by atoms with Crippen LogP contribution >= 0.6 is 11.6 Å². The van der Waals surface area contributed by atoms with Crippen LogP contribution in [0, 0.1) is 0 Å². The normalized spacial score (nSPS) is 18.1. The van der Waals surface area contributed by atoms with E-state index >= 15 is 0 Å². The first-order valence-electron chi connectivity index (χ1n) is 8.48. The molecule has 1 aromatic heterocycles. The molecule has 0 unspecified atom stereocenters. The molecule has 0 saturated carbocycles. The van der Waals surface area contributed by atoms with Crippen LogP contribution in [-0.4, -0.2) is 25.4 Å². The summed E-state index contributed by atoms with van der Waals surface area (Å²) in [6.45, 7) is 1.82. The van der Waals surface area contributed by atoms with Crippen molar-refractivity contribution in [3.8, 4) is 28.7 Å². The number of hydrogen-bond donors (Lipinski definition) is 1. The molecule has 28 heavy (non-hydrogen) atoms. The van der Waals surface area contributed by atoms with Gasteiger partial charge in [0.1, 0.15) is 6.10 Å². The molecule has 0 amide bonds. The Morgan fingerprint density at radius 3 is 2.57 bits per heavy atom. The number of halogens is 1. The van der Waals surface area contributed by atoms with Gasteiger partial charge in [0.2, 0.25) is 11.5 Å². The molecule has 3 aromatic rings. The van der Waals surface area contributed by atoms with Crippen LogP contribution in [0.1, 0.15) is 18.6 Å². The number of fused-ring (bicyclic) bond motifs is 3. The fourth-order valence-corrected chi connectivity index (χ4v) is 3.58. The number of benzene rings is 2. The number of phenols is 1. The highest BCUT2D eigenvalue weighted by Gasteiger charge is 2.36. The zero-order valence-corrected chi connectivity index (χ0v) is 16.1. The van der Waals surface area contributed by atoms with Crippen LogP contribution < -0.4 is 24.6 Å². The van der Waals surface area contributed by atoms with Crippen LogP contribution in [0.3, 0.4) is 0 Å². The summed E-state index contributed by atoms with van der Waals surface area (Å²) < 4.78 is 28.2. The number of methoxy groups -OCH3 is 2. The Hall–Kier alpha value is -3.06. The second kappa shape index (κ2) is 6.83. The van der Waals surface area contributed by atoms with Gasteiger partial charge in [-0.1, -0.05) is 17.7 Å². The third-order valence-corrected chi connectivity index (χ3v) is 4.97. The van der Waals surface area contributed by atoms with E-state index in [-0.39, 0.29) is 33.6 Å². The molecule has 0 fully saturated rings. The van der Waals surface area contributed by atoms with Gasteiger partial charge in [0, 0.05) is 17.0 Å². The van der Waals surface area contributed by atoms with E-state index in [2.05, 4.69) is 0 Å². The average molecular weight is 405 g/mol. The first-order valence-corrected chi connectivity index (χ1v) is 8.86.